The van der Waals surface area contributed by atoms with Crippen molar-refractivity contribution in [3.8, 4) is 0 Å². The van der Waals surface area contributed by atoms with E-state index in [0.717, 1.165) is 10.6 Å². The second kappa shape index (κ2) is 4.81. The smallest absolute Gasteiger partial charge is 0.149 e. The number of benzene rings is 1. The number of aromatic nitrogens is 2. The van der Waals surface area contributed by atoms with Crippen LogP contribution in [0.5, 0.6) is 0 Å². The van der Waals surface area contributed by atoms with Gasteiger partial charge in [-0.3, -0.25) is 0 Å². The van der Waals surface area contributed by atoms with Crippen molar-refractivity contribution >= 4 is 23.2 Å². The number of nitrogens with two attached hydrogens (primary N) is 1. The Morgan fingerprint density at radius 2 is 2.06 bits per heavy atom. The van der Waals surface area contributed by atoms with Gasteiger partial charge in [0.25, 0.3) is 0 Å². The van der Waals surface area contributed by atoms with Crippen molar-refractivity contribution in [2.24, 2.45) is 0 Å². The Morgan fingerprint density at radius 1 is 1.19 bits per heavy atom. The van der Waals surface area contributed by atoms with Crippen molar-refractivity contribution in [3.63, 3.8) is 0 Å². The van der Waals surface area contributed by atoms with Crippen LogP contribution in [0.25, 0.3) is 0 Å². The Kier molecular flexibility index (Phi) is 3.22. The highest BCUT2D eigenvalue weighted by molar-refractivity contribution is 6.30. The molecule has 0 aliphatic rings. The average molecular weight is 235 g/mol. The van der Waals surface area contributed by atoms with Gasteiger partial charge in [0.05, 0.1) is 0 Å². The molecule has 0 saturated carbocycles. The molecule has 4 nitrogen and oxygen atoms in total. The molecule has 2 aromatic rings. The van der Waals surface area contributed by atoms with E-state index < -0.39 is 0 Å². The SMILES string of the molecule is Nc1ccc(NCc2cccc(Cl)c2)nn1. The zero-order valence-corrected chi connectivity index (χ0v) is 9.28. The number of hydrogen-bond acceptors (Lipinski definition) is 4. The lowest BCUT2D eigenvalue weighted by atomic mass is 10.2. The first-order chi connectivity index (χ1) is 7.74. The molecule has 0 unspecified atom stereocenters. The van der Waals surface area contributed by atoms with Gasteiger partial charge >= 0.3 is 0 Å². The van der Waals surface area contributed by atoms with E-state index in [2.05, 4.69) is 15.5 Å². The highest BCUT2D eigenvalue weighted by Gasteiger charge is 1.96. The fourth-order valence-electron chi connectivity index (χ4n) is 1.28. The van der Waals surface area contributed by atoms with Gasteiger partial charge in [0.1, 0.15) is 11.6 Å². The van der Waals surface area contributed by atoms with Crippen molar-refractivity contribution in [2.75, 3.05) is 11.1 Å². The summed E-state index contributed by atoms with van der Waals surface area (Å²) in [6.07, 6.45) is 0. The quantitative estimate of drug-likeness (QED) is 0.856. The molecule has 0 amide bonds. The zero-order valence-electron chi connectivity index (χ0n) is 8.52. The molecule has 1 aromatic carbocycles. The Bertz CT molecular complexity index is 470. The number of anilines is 2. The minimum absolute atomic E-state index is 0.410. The number of halogens is 1. The third kappa shape index (κ3) is 2.84. The fraction of sp³-hybridized carbons (Fsp3) is 0.0909. The summed E-state index contributed by atoms with van der Waals surface area (Å²) < 4.78 is 0. The van der Waals surface area contributed by atoms with Gasteiger partial charge in [0, 0.05) is 11.6 Å². The summed E-state index contributed by atoms with van der Waals surface area (Å²) >= 11 is 5.88. The van der Waals surface area contributed by atoms with Crippen LogP contribution in [0, 0.1) is 0 Å². The van der Waals surface area contributed by atoms with Crippen LogP contribution < -0.4 is 11.1 Å². The Hall–Kier alpha value is -1.81. The van der Waals surface area contributed by atoms with Crippen LogP contribution in [-0.4, -0.2) is 10.2 Å². The molecule has 1 heterocycles. The van der Waals surface area contributed by atoms with Crippen molar-refractivity contribution in [2.45, 2.75) is 6.54 Å². The zero-order chi connectivity index (χ0) is 11.4. The van der Waals surface area contributed by atoms with Crippen molar-refractivity contribution in [1.29, 1.82) is 0 Å². The summed E-state index contributed by atoms with van der Waals surface area (Å²) in [5.74, 6) is 1.10. The summed E-state index contributed by atoms with van der Waals surface area (Å²) in [6.45, 7) is 0.652. The lowest BCUT2D eigenvalue weighted by Crippen LogP contribution is -2.03. The molecule has 16 heavy (non-hydrogen) atoms. The first-order valence-corrected chi connectivity index (χ1v) is 5.19. The lowest BCUT2D eigenvalue weighted by molar-refractivity contribution is 1.01. The van der Waals surface area contributed by atoms with Crippen LogP contribution in [0.15, 0.2) is 36.4 Å². The first kappa shape index (κ1) is 10.7. The number of nitrogen functional groups attached to an aromatic ring is 1. The van der Waals surface area contributed by atoms with E-state index in [1.165, 1.54) is 0 Å². The van der Waals surface area contributed by atoms with E-state index in [9.17, 15) is 0 Å². The molecule has 0 aliphatic carbocycles. The summed E-state index contributed by atoms with van der Waals surface area (Å²) in [5.41, 5.74) is 6.52. The predicted octanol–water partition coefficient (Wildman–Crippen LogP) is 2.32. The maximum Gasteiger partial charge on any atom is 0.149 e. The van der Waals surface area contributed by atoms with Gasteiger partial charge in [-0.05, 0) is 29.8 Å². The van der Waals surface area contributed by atoms with Gasteiger partial charge in [-0.25, -0.2) is 0 Å². The van der Waals surface area contributed by atoms with Crippen LogP contribution in [0.3, 0.4) is 0 Å². The highest BCUT2D eigenvalue weighted by Crippen LogP contribution is 2.12. The van der Waals surface area contributed by atoms with E-state index >= 15 is 0 Å². The van der Waals surface area contributed by atoms with Gasteiger partial charge in [-0.1, -0.05) is 23.7 Å². The summed E-state index contributed by atoms with van der Waals surface area (Å²) in [4.78, 5) is 0. The molecule has 1 aromatic heterocycles. The second-order valence-electron chi connectivity index (χ2n) is 3.33. The third-order valence-electron chi connectivity index (χ3n) is 2.05. The molecule has 0 saturated heterocycles. The summed E-state index contributed by atoms with van der Waals surface area (Å²) in [7, 11) is 0. The first-order valence-electron chi connectivity index (χ1n) is 4.81. The summed E-state index contributed by atoms with van der Waals surface area (Å²) in [6, 6.07) is 11.1. The van der Waals surface area contributed by atoms with E-state index in [1.54, 1.807) is 12.1 Å². The molecule has 82 valence electrons. The molecule has 2 rings (SSSR count). The van der Waals surface area contributed by atoms with E-state index in [-0.39, 0.29) is 0 Å². The van der Waals surface area contributed by atoms with Crippen LogP contribution in [0.4, 0.5) is 11.6 Å². The minimum Gasteiger partial charge on any atom is -0.382 e. The Balaban J connectivity index is 1.99. The molecule has 3 N–H and O–H groups in total. The molecular weight excluding hydrogens is 224 g/mol. The van der Waals surface area contributed by atoms with Crippen molar-refractivity contribution in [1.82, 2.24) is 10.2 Å². The Labute approximate surface area is 98.5 Å². The number of rotatable bonds is 3. The number of nitrogens with one attached hydrogen (secondary N) is 1. The summed E-state index contributed by atoms with van der Waals surface area (Å²) in [5, 5.41) is 11.5. The van der Waals surface area contributed by atoms with Gasteiger partial charge in [0.15, 0.2) is 0 Å². The molecule has 5 heteroatoms. The molecule has 0 radical (unpaired) electrons. The van der Waals surface area contributed by atoms with Gasteiger partial charge < -0.3 is 11.1 Å². The lowest BCUT2D eigenvalue weighted by Gasteiger charge is -2.05. The molecule has 0 fully saturated rings. The normalized spacial score (nSPS) is 10.1. The van der Waals surface area contributed by atoms with Crippen molar-refractivity contribution in [3.05, 3.63) is 47.0 Å². The fourth-order valence-corrected chi connectivity index (χ4v) is 1.49. The van der Waals surface area contributed by atoms with Gasteiger partial charge in [-0.2, -0.15) is 0 Å². The molecule has 0 atom stereocenters. The van der Waals surface area contributed by atoms with Crippen molar-refractivity contribution < 1.29 is 0 Å². The molecule has 0 spiro atoms. The Morgan fingerprint density at radius 3 is 2.75 bits per heavy atom. The molecule has 0 bridgehead atoms. The third-order valence-corrected chi connectivity index (χ3v) is 2.28. The average Bonchev–Trinajstić information content (AvgIpc) is 2.28. The van der Waals surface area contributed by atoms with Crippen LogP contribution in [-0.2, 0) is 6.54 Å². The largest absolute Gasteiger partial charge is 0.382 e. The predicted molar refractivity (Wildman–Crippen MR) is 65.2 cm³/mol. The number of nitrogens with zero attached hydrogens (tertiary/aromatic N) is 2. The monoisotopic (exact) mass is 234 g/mol. The van der Waals surface area contributed by atoms with Crippen LogP contribution in [0.2, 0.25) is 5.02 Å². The number of hydrogen-bond donors (Lipinski definition) is 2. The van der Waals surface area contributed by atoms with E-state index in [1.807, 2.05) is 24.3 Å². The minimum atomic E-state index is 0.410. The van der Waals surface area contributed by atoms with Gasteiger partial charge in [0.2, 0.25) is 0 Å². The highest BCUT2D eigenvalue weighted by atomic mass is 35.5. The van der Waals surface area contributed by atoms with E-state index in [4.69, 9.17) is 17.3 Å². The van der Waals surface area contributed by atoms with Gasteiger partial charge in [-0.15, -0.1) is 10.2 Å². The van der Waals surface area contributed by atoms with Crippen LogP contribution >= 0.6 is 11.6 Å². The maximum absolute atomic E-state index is 5.88. The topological polar surface area (TPSA) is 63.8 Å². The molecular formula is C11H11ClN4. The standard InChI is InChI=1S/C11H11ClN4/c12-9-3-1-2-8(6-9)7-14-11-5-4-10(13)15-16-11/h1-6H,7H2,(H2,13,15)(H,14,16). The van der Waals surface area contributed by atoms with E-state index in [0.29, 0.717) is 18.2 Å². The maximum atomic E-state index is 5.88. The molecule has 0 aliphatic heterocycles. The van der Waals surface area contributed by atoms with Crippen LogP contribution in [0.1, 0.15) is 5.56 Å². The second-order valence-corrected chi connectivity index (χ2v) is 3.76.